The molecule has 1 aliphatic rings. The van der Waals surface area contributed by atoms with E-state index in [9.17, 15) is 13.2 Å². The van der Waals surface area contributed by atoms with E-state index in [1.807, 2.05) is 25.1 Å². The Morgan fingerprint density at radius 2 is 1.81 bits per heavy atom. The first-order valence-electron chi connectivity index (χ1n) is 11.0. The van der Waals surface area contributed by atoms with Crippen LogP contribution in [0.4, 0.5) is 0 Å². The average Bonchev–Trinajstić information content (AvgIpc) is 2.79. The van der Waals surface area contributed by atoms with Gasteiger partial charge in [0.15, 0.2) is 0 Å². The van der Waals surface area contributed by atoms with Crippen LogP contribution in [0, 0.1) is 0 Å². The van der Waals surface area contributed by atoms with Crippen molar-refractivity contribution in [3.63, 3.8) is 0 Å². The summed E-state index contributed by atoms with van der Waals surface area (Å²) in [5.41, 5.74) is 1.70. The normalized spacial score (nSPS) is 17.4. The molecule has 31 heavy (non-hydrogen) atoms. The molecule has 0 bridgehead atoms. The van der Waals surface area contributed by atoms with Crippen molar-refractivity contribution in [2.45, 2.75) is 50.0 Å². The summed E-state index contributed by atoms with van der Waals surface area (Å²) in [5.74, 6) is -0.209. The summed E-state index contributed by atoms with van der Waals surface area (Å²) in [6.45, 7) is 4.25. The first kappa shape index (κ1) is 23.4. The van der Waals surface area contributed by atoms with E-state index in [0.717, 1.165) is 32.1 Å². The monoisotopic (exact) mass is 444 g/mol. The first-order valence-corrected chi connectivity index (χ1v) is 12.4. The molecule has 0 aliphatic carbocycles. The fraction of sp³-hybridized carbons (Fsp3) is 0.458. The summed E-state index contributed by atoms with van der Waals surface area (Å²) in [6.07, 6.45) is 4.43. The lowest BCUT2D eigenvalue weighted by molar-refractivity contribution is 0.0942. The quantitative estimate of drug-likeness (QED) is 0.568. The second-order valence-electron chi connectivity index (χ2n) is 7.94. The number of nitrogens with zero attached hydrogens (tertiary/aromatic N) is 1. The van der Waals surface area contributed by atoms with Gasteiger partial charge in [-0.3, -0.25) is 4.79 Å². The zero-order valence-electron chi connectivity index (χ0n) is 18.1. The van der Waals surface area contributed by atoms with Gasteiger partial charge < -0.3 is 10.1 Å². The molecule has 0 aromatic heterocycles. The largest absolute Gasteiger partial charge is 0.381 e. The number of carbonyl (C=O) groups excluding carboxylic acids is 1. The Morgan fingerprint density at radius 3 is 2.52 bits per heavy atom. The third-order valence-electron chi connectivity index (χ3n) is 5.59. The molecule has 2 aromatic carbocycles. The molecular weight excluding hydrogens is 412 g/mol. The summed E-state index contributed by atoms with van der Waals surface area (Å²) in [5, 5.41) is 2.86. The molecule has 0 radical (unpaired) electrons. The lowest BCUT2D eigenvalue weighted by Gasteiger charge is -2.32. The van der Waals surface area contributed by atoms with Crippen molar-refractivity contribution in [2.24, 2.45) is 0 Å². The first-order chi connectivity index (χ1) is 15.0. The molecule has 1 aliphatic heterocycles. The topological polar surface area (TPSA) is 75.7 Å². The smallest absolute Gasteiger partial charge is 0.251 e. The van der Waals surface area contributed by atoms with Gasteiger partial charge in [-0.15, -0.1) is 0 Å². The van der Waals surface area contributed by atoms with Gasteiger partial charge in [0.25, 0.3) is 5.91 Å². The van der Waals surface area contributed by atoms with Gasteiger partial charge in [-0.25, -0.2) is 8.42 Å². The zero-order chi connectivity index (χ0) is 22.1. The molecule has 1 unspecified atom stereocenters. The molecular formula is C24H32N2O4S. The number of sulfonamides is 1. The van der Waals surface area contributed by atoms with Crippen LogP contribution in [0.5, 0.6) is 0 Å². The predicted octanol–water partition coefficient (Wildman–Crippen LogP) is 3.63. The molecule has 1 saturated heterocycles. The maximum absolute atomic E-state index is 12.9. The second-order valence-corrected chi connectivity index (χ2v) is 9.83. The molecule has 6 nitrogen and oxygen atoms in total. The maximum Gasteiger partial charge on any atom is 0.251 e. The number of rotatable bonds is 10. The fourth-order valence-electron chi connectivity index (χ4n) is 3.76. The third kappa shape index (κ3) is 6.63. The standard InChI is InChI=1S/C24H32N2O4S/c1-20-8-5-6-17-26(20)31(28,29)23-13-11-22(12-14-23)24(27)25-16-7-18-30-19-15-21-9-3-2-4-10-21/h2-4,9-14,20H,5-8,15-19H2,1H3,(H,25,27). The molecule has 3 rings (SSSR count). The predicted molar refractivity (Wildman–Crippen MR) is 122 cm³/mol. The zero-order valence-corrected chi connectivity index (χ0v) is 18.9. The minimum atomic E-state index is -3.52. The Morgan fingerprint density at radius 1 is 1.06 bits per heavy atom. The van der Waals surface area contributed by atoms with E-state index in [1.54, 1.807) is 16.4 Å². The van der Waals surface area contributed by atoms with Crippen LogP contribution in [0.15, 0.2) is 59.5 Å². The van der Waals surface area contributed by atoms with E-state index in [-0.39, 0.29) is 16.8 Å². The molecule has 1 atom stereocenters. The van der Waals surface area contributed by atoms with Crippen molar-refractivity contribution in [1.82, 2.24) is 9.62 Å². The van der Waals surface area contributed by atoms with Gasteiger partial charge in [-0.2, -0.15) is 4.31 Å². The third-order valence-corrected chi connectivity index (χ3v) is 7.62. The average molecular weight is 445 g/mol. The number of hydrogen-bond donors (Lipinski definition) is 1. The number of piperidine rings is 1. The van der Waals surface area contributed by atoms with E-state index < -0.39 is 10.0 Å². The van der Waals surface area contributed by atoms with Gasteiger partial charge in [-0.1, -0.05) is 36.8 Å². The van der Waals surface area contributed by atoms with Crippen molar-refractivity contribution in [3.8, 4) is 0 Å². The van der Waals surface area contributed by atoms with Crippen molar-refractivity contribution >= 4 is 15.9 Å². The molecule has 1 heterocycles. The number of hydrogen-bond acceptors (Lipinski definition) is 4. The van der Waals surface area contributed by atoms with E-state index in [2.05, 4.69) is 17.4 Å². The van der Waals surface area contributed by atoms with Gasteiger partial charge in [-0.05, 0) is 62.4 Å². The van der Waals surface area contributed by atoms with E-state index >= 15 is 0 Å². The van der Waals surface area contributed by atoms with Crippen LogP contribution in [0.1, 0.15) is 48.5 Å². The highest BCUT2D eigenvalue weighted by Gasteiger charge is 2.30. The molecule has 0 saturated carbocycles. The molecule has 7 heteroatoms. The Kier molecular flexibility index (Phi) is 8.63. The van der Waals surface area contributed by atoms with Crippen molar-refractivity contribution < 1.29 is 17.9 Å². The van der Waals surface area contributed by atoms with Gasteiger partial charge >= 0.3 is 0 Å². The lowest BCUT2D eigenvalue weighted by atomic mass is 10.1. The fourth-order valence-corrected chi connectivity index (χ4v) is 5.46. The lowest BCUT2D eigenvalue weighted by Crippen LogP contribution is -2.41. The summed E-state index contributed by atoms with van der Waals surface area (Å²) in [4.78, 5) is 12.6. The van der Waals surface area contributed by atoms with Crippen LogP contribution < -0.4 is 5.32 Å². The number of carbonyl (C=O) groups is 1. The van der Waals surface area contributed by atoms with Crippen molar-refractivity contribution in [2.75, 3.05) is 26.3 Å². The van der Waals surface area contributed by atoms with E-state index in [1.165, 1.54) is 17.7 Å². The minimum Gasteiger partial charge on any atom is -0.381 e. The molecule has 168 valence electrons. The number of amides is 1. The van der Waals surface area contributed by atoms with Crippen LogP contribution in [0.2, 0.25) is 0 Å². The van der Waals surface area contributed by atoms with Gasteiger partial charge in [0.2, 0.25) is 10.0 Å². The maximum atomic E-state index is 12.9. The molecule has 1 amide bonds. The van der Waals surface area contributed by atoms with E-state index in [0.29, 0.717) is 31.9 Å². The summed E-state index contributed by atoms with van der Waals surface area (Å²) < 4.78 is 33.0. The Hall–Kier alpha value is -2.22. The van der Waals surface area contributed by atoms with Gasteiger partial charge in [0.1, 0.15) is 0 Å². The minimum absolute atomic E-state index is 0.0108. The van der Waals surface area contributed by atoms with Crippen LogP contribution in [-0.4, -0.2) is 51.0 Å². The van der Waals surface area contributed by atoms with Crippen molar-refractivity contribution in [1.29, 1.82) is 0 Å². The summed E-state index contributed by atoms with van der Waals surface area (Å²) in [7, 11) is -3.52. The highest BCUT2D eigenvalue weighted by Crippen LogP contribution is 2.25. The van der Waals surface area contributed by atoms with Crippen molar-refractivity contribution in [3.05, 3.63) is 65.7 Å². The Bertz CT molecular complexity index is 930. The highest BCUT2D eigenvalue weighted by atomic mass is 32.2. The van der Waals surface area contributed by atoms with Crippen LogP contribution >= 0.6 is 0 Å². The molecule has 1 fully saturated rings. The Balaban J connectivity index is 1.40. The van der Waals surface area contributed by atoms with Crippen LogP contribution in [0.3, 0.4) is 0 Å². The van der Waals surface area contributed by atoms with Gasteiger partial charge in [0.05, 0.1) is 11.5 Å². The Labute approximate surface area is 185 Å². The van der Waals surface area contributed by atoms with Crippen LogP contribution in [-0.2, 0) is 21.2 Å². The molecule has 0 spiro atoms. The SMILES string of the molecule is CC1CCCCN1S(=O)(=O)c1ccc(C(=O)NCCCOCCc2ccccc2)cc1. The second kappa shape index (κ2) is 11.4. The summed E-state index contributed by atoms with van der Waals surface area (Å²) in [6, 6.07) is 16.4. The number of ether oxygens (including phenoxy) is 1. The highest BCUT2D eigenvalue weighted by molar-refractivity contribution is 7.89. The van der Waals surface area contributed by atoms with E-state index in [4.69, 9.17) is 4.74 Å². The summed E-state index contributed by atoms with van der Waals surface area (Å²) >= 11 is 0. The molecule has 1 N–H and O–H groups in total. The molecule has 2 aromatic rings. The number of nitrogens with one attached hydrogen (secondary N) is 1. The van der Waals surface area contributed by atoms with Crippen LogP contribution in [0.25, 0.3) is 0 Å². The number of benzene rings is 2. The van der Waals surface area contributed by atoms with Gasteiger partial charge in [0, 0.05) is 31.3 Å².